The van der Waals surface area contributed by atoms with Gasteiger partial charge < -0.3 is 15.3 Å². The lowest BCUT2D eigenvalue weighted by atomic mass is 10.1. The van der Waals surface area contributed by atoms with Crippen molar-refractivity contribution in [1.82, 2.24) is 10.2 Å². The summed E-state index contributed by atoms with van der Waals surface area (Å²) in [4.78, 5) is 14.1. The molecule has 1 heterocycles. The molecule has 3 rings (SSSR count). The molecule has 0 atom stereocenters. The molecule has 0 aliphatic carbocycles. The van der Waals surface area contributed by atoms with E-state index in [2.05, 4.69) is 29.6 Å². The lowest BCUT2D eigenvalue weighted by Gasteiger charge is -2.16. The minimum absolute atomic E-state index is 0.00328. The van der Waals surface area contributed by atoms with Crippen molar-refractivity contribution in [2.75, 3.05) is 6.54 Å². The first-order valence-electron chi connectivity index (χ1n) is 8.54. The Kier molecular flexibility index (Phi) is 5.49. The highest BCUT2D eigenvalue weighted by atomic mass is 16.3. The van der Waals surface area contributed by atoms with Crippen LogP contribution in [0.5, 0.6) is 0 Å². The van der Waals surface area contributed by atoms with E-state index in [1.807, 2.05) is 29.2 Å². The third-order valence-corrected chi connectivity index (χ3v) is 4.47. The van der Waals surface area contributed by atoms with Gasteiger partial charge in [0.15, 0.2) is 0 Å². The summed E-state index contributed by atoms with van der Waals surface area (Å²) in [5.41, 5.74) is 4.56. The molecule has 1 aliphatic heterocycles. The Balaban J connectivity index is 1.39. The number of urea groups is 1. The standard InChI is InChI=1S/C20H24N2O2/c23-15-17-9-10-18-13-22(14-19(18)12-17)20(24)21-11-5-4-8-16-6-2-1-3-7-16/h1-3,6-7,9-10,12,23H,4-5,8,11,13-15H2,(H,21,24). The average Bonchev–Trinajstić information content (AvgIpc) is 3.05. The molecule has 0 bridgehead atoms. The van der Waals surface area contributed by atoms with Crippen molar-refractivity contribution < 1.29 is 9.90 Å². The fourth-order valence-electron chi connectivity index (χ4n) is 3.10. The Bertz CT molecular complexity index is 685. The molecule has 4 heteroatoms. The number of aryl methyl sites for hydroxylation is 1. The van der Waals surface area contributed by atoms with Crippen molar-refractivity contribution in [2.24, 2.45) is 0 Å². The van der Waals surface area contributed by atoms with E-state index in [1.54, 1.807) is 0 Å². The summed E-state index contributed by atoms with van der Waals surface area (Å²) in [5, 5.41) is 12.2. The van der Waals surface area contributed by atoms with Gasteiger partial charge in [0.05, 0.1) is 6.61 Å². The van der Waals surface area contributed by atoms with Crippen molar-refractivity contribution in [3.63, 3.8) is 0 Å². The highest BCUT2D eigenvalue weighted by Gasteiger charge is 2.22. The van der Waals surface area contributed by atoms with Crippen molar-refractivity contribution in [1.29, 1.82) is 0 Å². The Hall–Kier alpha value is -2.33. The molecule has 2 aromatic rings. The molecule has 1 aliphatic rings. The molecule has 0 saturated heterocycles. The minimum Gasteiger partial charge on any atom is -0.392 e. The predicted octanol–water partition coefficient (Wildman–Crippen LogP) is 3.23. The van der Waals surface area contributed by atoms with Crippen LogP contribution in [-0.4, -0.2) is 22.6 Å². The normalized spacial score (nSPS) is 13.0. The lowest BCUT2D eigenvalue weighted by Crippen LogP contribution is -2.36. The summed E-state index contributed by atoms with van der Waals surface area (Å²) in [6, 6.07) is 16.3. The van der Waals surface area contributed by atoms with E-state index in [0.717, 1.165) is 30.4 Å². The first-order chi connectivity index (χ1) is 11.8. The van der Waals surface area contributed by atoms with E-state index in [1.165, 1.54) is 11.1 Å². The van der Waals surface area contributed by atoms with Gasteiger partial charge in [-0.1, -0.05) is 48.5 Å². The number of amides is 2. The summed E-state index contributed by atoms with van der Waals surface area (Å²) in [7, 11) is 0. The third-order valence-electron chi connectivity index (χ3n) is 4.47. The van der Waals surface area contributed by atoms with Crippen LogP contribution in [0.15, 0.2) is 48.5 Å². The lowest BCUT2D eigenvalue weighted by molar-refractivity contribution is 0.198. The molecule has 0 spiro atoms. The van der Waals surface area contributed by atoms with Gasteiger partial charge in [-0.2, -0.15) is 0 Å². The van der Waals surface area contributed by atoms with Crippen molar-refractivity contribution in [3.05, 3.63) is 70.8 Å². The number of nitrogens with zero attached hydrogens (tertiary/aromatic N) is 1. The number of nitrogens with one attached hydrogen (secondary N) is 1. The molecule has 0 aromatic heterocycles. The largest absolute Gasteiger partial charge is 0.392 e. The van der Waals surface area contributed by atoms with Gasteiger partial charge in [-0.25, -0.2) is 4.79 Å². The third kappa shape index (κ3) is 4.15. The Morgan fingerprint density at radius 1 is 1.00 bits per heavy atom. The first kappa shape index (κ1) is 16.5. The molecule has 0 radical (unpaired) electrons. The summed E-state index contributed by atoms with van der Waals surface area (Å²) in [5.74, 6) is 0. The Labute approximate surface area is 143 Å². The van der Waals surface area contributed by atoms with E-state index >= 15 is 0 Å². The molecule has 2 amide bonds. The van der Waals surface area contributed by atoms with E-state index in [-0.39, 0.29) is 12.6 Å². The van der Waals surface area contributed by atoms with E-state index in [4.69, 9.17) is 0 Å². The summed E-state index contributed by atoms with van der Waals surface area (Å²) < 4.78 is 0. The number of carbonyl (C=O) groups excluding carboxylic acids is 1. The highest BCUT2D eigenvalue weighted by molar-refractivity contribution is 5.75. The zero-order valence-corrected chi connectivity index (χ0v) is 13.9. The minimum atomic E-state index is -0.00328. The number of fused-ring (bicyclic) bond motifs is 1. The molecule has 4 nitrogen and oxygen atoms in total. The topological polar surface area (TPSA) is 52.6 Å². The summed E-state index contributed by atoms with van der Waals surface area (Å²) >= 11 is 0. The number of benzene rings is 2. The van der Waals surface area contributed by atoms with Crippen LogP contribution in [0.4, 0.5) is 4.79 Å². The van der Waals surface area contributed by atoms with E-state index in [9.17, 15) is 9.90 Å². The quantitative estimate of drug-likeness (QED) is 0.802. The Morgan fingerprint density at radius 2 is 1.79 bits per heavy atom. The monoisotopic (exact) mass is 324 g/mol. The average molecular weight is 324 g/mol. The van der Waals surface area contributed by atoms with E-state index in [0.29, 0.717) is 19.6 Å². The van der Waals surface area contributed by atoms with E-state index < -0.39 is 0 Å². The summed E-state index contributed by atoms with van der Waals surface area (Å²) in [6.45, 7) is 2.03. The Morgan fingerprint density at radius 3 is 2.58 bits per heavy atom. The number of carbonyl (C=O) groups is 1. The number of unbranched alkanes of at least 4 members (excludes halogenated alkanes) is 1. The SMILES string of the molecule is O=C(NCCCCc1ccccc1)N1Cc2ccc(CO)cc2C1. The maximum absolute atomic E-state index is 12.3. The molecular formula is C20H24N2O2. The molecule has 0 saturated carbocycles. The summed E-state index contributed by atoms with van der Waals surface area (Å²) in [6.07, 6.45) is 3.11. The maximum atomic E-state index is 12.3. The van der Waals surface area contributed by atoms with Crippen LogP contribution in [0.25, 0.3) is 0 Å². The van der Waals surface area contributed by atoms with Gasteiger partial charge in [0, 0.05) is 19.6 Å². The number of aliphatic hydroxyl groups is 1. The predicted molar refractivity (Wildman–Crippen MR) is 94.4 cm³/mol. The fourth-order valence-corrected chi connectivity index (χ4v) is 3.10. The number of aliphatic hydroxyl groups excluding tert-OH is 1. The highest BCUT2D eigenvalue weighted by Crippen LogP contribution is 2.23. The van der Waals surface area contributed by atoms with Gasteiger partial charge in [0.1, 0.15) is 0 Å². The molecule has 2 aromatic carbocycles. The van der Waals surface area contributed by atoms with Crippen LogP contribution in [0.1, 0.15) is 35.1 Å². The van der Waals surface area contributed by atoms with Crippen molar-refractivity contribution >= 4 is 6.03 Å². The van der Waals surface area contributed by atoms with Crippen LogP contribution >= 0.6 is 0 Å². The second-order valence-electron chi connectivity index (χ2n) is 6.29. The zero-order chi connectivity index (χ0) is 16.8. The van der Waals surface area contributed by atoms with Gasteiger partial charge in [-0.3, -0.25) is 0 Å². The maximum Gasteiger partial charge on any atom is 0.318 e. The van der Waals surface area contributed by atoms with Gasteiger partial charge in [-0.15, -0.1) is 0 Å². The van der Waals surface area contributed by atoms with Gasteiger partial charge in [0.2, 0.25) is 0 Å². The zero-order valence-electron chi connectivity index (χ0n) is 13.9. The molecule has 126 valence electrons. The second-order valence-corrected chi connectivity index (χ2v) is 6.29. The van der Waals surface area contributed by atoms with Crippen LogP contribution in [0, 0.1) is 0 Å². The first-order valence-corrected chi connectivity index (χ1v) is 8.54. The van der Waals surface area contributed by atoms with Crippen molar-refractivity contribution in [3.8, 4) is 0 Å². The van der Waals surface area contributed by atoms with Gasteiger partial charge >= 0.3 is 6.03 Å². The molecule has 24 heavy (non-hydrogen) atoms. The van der Waals surface area contributed by atoms with Gasteiger partial charge in [-0.05, 0) is 41.5 Å². The van der Waals surface area contributed by atoms with Crippen LogP contribution < -0.4 is 5.32 Å². The smallest absolute Gasteiger partial charge is 0.318 e. The fraction of sp³-hybridized carbons (Fsp3) is 0.350. The van der Waals surface area contributed by atoms with Gasteiger partial charge in [0.25, 0.3) is 0 Å². The molecule has 0 fully saturated rings. The molecule has 0 unspecified atom stereocenters. The number of hydrogen-bond acceptors (Lipinski definition) is 2. The number of hydrogen-bond donors (Lipinski definition) is 2. The van der Waals surface area contributed by atoms with Crippen LogP contribution in [0.3, 0.4) is 0 Å². The van der Waals surface area contributed by atoms with Crippen LogP contribution in [-0.2, 0) is 26.1 Å². The second kappa shape index (κ2) is 7.97. The molecule has 2 N–H and O–H groups in total. The molecular weight excluding hydrogens is 300 g/mol. The van der Waals surface area contributed by atoms with Crippen LogP contribution in [0.2, 0.25) is 0 Å². The van der Waals surface area contributed by atoms with Crippen molar-refractivity contribution in [2.45, 2.75) is 39.0 Å². The number of rotatable bonds is 6.